The minimum absolute atomic E-state index is 0.175. The maximum atomic E-state index is 13.8. The van der Waals surface area contributed by atoms with E-state index >= 15 is 0 Å². The second-order valence-electron chi connectivity index (χ2n) is 7.25. The van der Waals surface area contributed by atoms with Gasteiger partial charge in [-0.05, 0) is 89.1 Å². The fraction of sp³-hybridized carbons (Fsp3) is 0.167. The number of hydrogen-bond donors (Lipinski definition) is 3. The summed E-state index contributed by atoms with van der Waals surface area (Å²) in [6, 6.07) is 17.6. The van der Waals surface area contributed by atoms with Crippen LogP contribution in [0, 0.1) is 5.82 Å². The van der Waals surface area contributed by atoms with E-state index in [0.717, 1.165) is 22.6 Å². The Hall–Kier alpha value is -2.54. The Morgan fingerprint density at radius 1 is 1.13 bits per heavy atom. The molecule has 2 unspecified atom stereocenters. The molecular formula is C24H22BrClFN2O2+. The smallest absolute Gasteiger partial charge is 0.186 e. The minimum atomic E-state index is -0.314. The number of aromatic hydroxyl groups is 1. The van der Waals surface area contributed by atoms with Gasteiger partial charge in [0.25, 0.3) is 0 Å². The van der Waals surface area contributed by atoms with Crippen LogP contribution in [0.5, 0.6) is 11.5 Å². The van der Waals surface area contributed by atoms with Gasteiger partial charge in [0.2, 0.25) is 0 Å². The molecule has 160 valence electrons. The average molecular weight is 505 g/mol. The van der Waals surface area contributed by atoms with E-state index in [9.17, 15) is 9.50 Å². The molecule has 0 amide bonds. The highest BCUT2D eigenvalue weighted by atomic mass is 79.9. The van der Waals surface area contributed by atoms with Crippen molar-refractivity contribution in [3.63, 3.8) is 0 Å². The number of phenolic OH excluding ortho intramolecular Hbond substituents is 1. The SMILES string of the molecule is CCOc1ccc(C2=CC(c3cc(Cl)ccc3O)[NH2+]C(c3ccc(F)c(Br)c3)N2)cc1. The van der Waals surface area contributed by atoms with E-state index in [1.807, 2.05) is 31.2 Å². The predicted octanol–water partition coefficient (Wildman–Crippen LogP) is 5.29. The highest BCUT2D eigenvalue weighted by Gasteiger charge is 2.30. The first-order chi connectivity index (χ1) is 14.9. The van der Waals surface area contributed by atoms with Crippen LogP contribution in [-0.4, -0.2) is 11.7 Å². The van der Waals surface area contributed by atoms with Crippen molar-refractivity contribution < 1.29 is 19.6 Å². The normalized spacial score (nSPS) is 18.3. The van der Waals surface area contributed by atoms with Crippen molar-refractivity contribution in [1.82, 2.24) is 5.32 Å². The van der Waals surface area contributed by atoms with Crippen LogP contribution >= 0.6 is 27.5 Å². The van der Waals surface area contributed by atoms with Crippen molar-refractivity contribution in [2.45, 2.75) is 19.1 Å². The van der Waals surface area contributed by atoms with Crippen LogP contribution in [0.25, 0.3) is 5.70 Å². The fourth-order valence-electron chi connectivity index (χ4n) is 3.67. The Morgan fingerprint density at radius 3 is 2.61 bits per heavy atom. The Kier molecular flexibility index (Phi) is 6.51. The first-order valence-electron chi connectivity index (χ1n) is 9.94. The summed E-state index contributed by atoms with van der Waals surface area (Å²) < 4.78 is 19.7. The zero-order valence-corrected chi connectivity index (χ0v) is 19.1. The van der Waals surface area contributed by atoms with Gasteiger partial charge in [-0.3, -0.25) is 0 Å². The third kappa shape index (κ3) is 4.87. The van der Waals surface area contributed by atoms with Crippen molar-refractivity contribution in [3.8, 4) is 11.5 Å². The van der Waals surface area contributed by atoms with E-state index < -0.39 is 0 Å². The number of benzene rings is 3. The van der Waals surface area contributed by atoms with E-state index in [4.69, 9.17) is 16.3 Å². The van der Waals surface area contributed by atoms with Gasteiger partial charge in [-0.1, -0.05) is 11.6 Å². The molecule has 31 heavy (non-hydrogen) atoms. The van der Waals surface area contributed by atoms with Crippen molar-refractivity contribution in [2.75, 3.05) is 6.61 Å². The van der Waals surface area contributed by atoms with Crippen molar-refractivity contribution >= 4 is 33.2 Å². The van der Waals surface area contributed by atoms with Gasteiger partial charge < -0.3 is 20.5 Å². The van der Waals surface area contributed by atoms with Crippen LogP contribution in [0.15, 0.2) is 71.2 Å². The summed E-state index contributed by atoms with van der Waals surface area (Å²) in [6.45, 7) is 2.55. The number of phenols is 1. The van der Waals surface area contributed by atoms with Gasteiger partial charge in [-0.2, -0.15) is 0 Å². The molecule has 0 fully saturated rings. The summed E-state index contributed by atoms with van der Waals surface area (Å²) in [5.74, 6) is 0.664. The van der Waals surface area contributed by atoms with E-state index in [-0.39, 0.29) is 23.8 Å². The van der Waals surface area contributed by atoms with E-state index in [0.29, 0.717) is 21.7 Å². The molecule has 0 saturated carbocycles. The molecule has 0 saturated heterocycles. The fourth-order valence-corrected chi connectivity index (χ4v) is 4.25. The number of rotatable bonds is 5. The first-order valence-corrected chi connectivity index (χ1v) is 11.1. The first kappa shape index (κ1) is 21.7. The molecule has 0 radical (unpaired) electrons. The van der Waals surface area contributed by atoms with Gasteiger partial charge in [0.15, 0.2) is 6.17 Å². The number of nitrogens with two attached hydrogens (primary N) is 1. The third-order valence-electron chi connectivity index (χ3n) is 5.18. The molecule has 7 heteroatoms. The van der Waals surface area contributed by atoms with E-state index in [1.165, 1.54) is 6.07 Å². The number of quaternary nitrogens is 1. The summed E-state index contributed by atoms with van der Waals surface area (Å²) in [5, 5.41) is 16.6. The van der Waals surface area contributed by atoms with Gasteiger partial charge in [0.05, 0.1) is 16.6 Å². The molecule has 4 nitrogen and oxygen atoms in total. The lowest BCUT2D eigenvalue weighted by Crippen LogP contribution is -2.89. The monoisotopic (exact) mass is 503 g/mol. The number of ether oxygens (including phenoxy) is 1. The van der Waals surface area contributed by atoms with Gasteiger partial charge in [0, 0.05) is 22.4 Å². The quantitative estimate of drug-likeness (QED) is 0.442. The topological polar surface area (TPSA) is 58.1 Å². The van der Waals surface area contributed by atoms with Crippen molar-refractivity contribution in [1.29, 1.82) is 0 Å². The number of nitrogens with one attached hydrogen (secondary N) is 1. The molecule has 1 aliphatic rings. The van der Waals surface area contributed by atoms with Crippen LogP contribution in [0.3, 0.4) is 0 Å². The second kappa shape index (κ2) is 9.30. The zero-order chi connectivity index (χ0) is 22.0. The standard InChI is InChI=1S/C24H21BrClFN2O2/c1-2-31-17-7-3-14(4-8-17)21-13-22(18-12-16(26)6-10-23(18)30)29-24(28-21)15-5-9-20(27)19(25)11-15/h3-13,22,24,28-30H,2H2,1H3/p+1. The van der Waals surface area contributed by atoms with Crippen molar-refractivity contribution in [3.05, 3.63) is 98.7 Å². The summed E-state index contributed by atoms with van der Waals surface area (Å²) in [4.78, 5) is 0. The molecule has 0 aromatic heterocycles. The Bertz CT molecular complexity index is 1120. The summed E-state index contributed by atoms with van der Waals surface area (Å²) in [7, 11) is 0. The molecule has 4 rings (SSSR count). The largest absolute Gasteiger partial charge is 0.507 e. The molecule has 1 heterocycles. The molecule has 1 aliphatic heterocycles. The third-order valence-corrected chi connectivity index (χ3v) is 6.03. The van der Waals surface area contributed by atoms with Gasteiger partial charge in [-0.25, -0.2) is 4.39 Å². The number of halogens is 3. The maximum absolute atomic E-state index is 13.8. The molecule has 4 N–H and O–H groups in total. The number of hydrogen-bond acceptors (Lipinski definition) is 3. The van der Waals surface area contributed by atoms with Crippen LogP contribution in [0.1, 0.15) is 35.8 Å². The highest BCUT2D eigenvalue weighted by molar-refractivity contribution is 9.10. The lowest BCUT2D eigenvalue weighted by molar-refractivity contribution is -0.731. The minimum Gasteiger partial charge on any atom is -0.507 e. The summed E-state index contributed by atoms with van der Waals surface area (Å²) in [6.07, 6.45) is 1.85. The van der Waals surface area contributed by atoms with Crippen LogP contribution in [-0.2, 0) is 0 Å². The lowest BCUT2D eigenvalue weighted by Gasteiger charge is -2.30. The summed E-state index contributed by atoms with van der Waals surface area (Å²) >= 11 is 9.48. The highest BCUT2D eigenvalue weighted by Crippen LogP contribution is 2.32. The Balaban J connectivity index is 1.74. The van der Waals surface area contributed by atoms with Gasteiger partial charge >= 0.3 is 0 Å². The summed E-state index contributed by atoms with van der Waals surface area (Å²) in [5.41, 5.74) is 3.49. The van der Waals surface area contributed by atoms with Crippen LogP contribution in [0.2, 0.25) is 5.02 Å². The molecule has 0 aliphatic carbocycles. The zero-order valence-electron chi connectivity index (χ0n) is 16.8. The van der Waals surface area contributed by atoms with Crippen LogP contribution < -0.4 is 15.4 Å². The molecular weight excluding hydrogens is 483 g/mol. The molecule has 3 aromatic carbocycles. The van der Waals surface area contributed by atoms with Crippen LogP contribution in [0.4, 0.5) is 4.39 Å². The Morgan fingerprint density at radius 2 is 1.90 bits per heavy atom. The van der Waals surface area contributed by atoms with E-state index in [2.05, 4.69) is 32.6 Å². The Labute approximate surface area is 193 Å². The van der Waals surface area contributed by atoms with Gasteiger partial charge in [-0.15, -0.1) is 0 Å². The van der Waals surface area contributed by atoms with Gasteiger partial charge in [0.1, 0.15) is 23.4 Å². The lowest BCUT2D eigenvalue weighted by atomic mass is 9.98. The molecule has 0 bridgehead atoms. The molecule has 3 aromatic rings. The average Bonchev–Trinajstić information content (AvgIpc) is 2.78. The maximum Gasteiger partial charge on any atom is 0.186 e. The predicted molar refractivity (Wildman–Crippen MR) is 123 cm³/mol. The van der Waals surface area contributed by atoms with Crippen molar-refractivity contribution in [2.24, 2.45) is 0 Å². The second-order valence-corrected chi connectivity index (χ2v) is 8.55. The van der Waals surface area contributed by atoms with E-state index in [1.54, 1.807) is 30.3 Å². The molecule has 2 atom stereocenters. The molecule has 0 spiro atoms.